The van der Waals surface area contributed by atoms with Crippen molar-refractivity contribution in [2.75, 3.05) is 26.3 Å². The molecule has 0 radical (unpaired) electrons. The van der Waals surface area contributed by atoms with Gasteiger partial charge < -0.3 is 20.8 Å². The van der Waals surface area contributed by atoms with Crippen LogP contribution in [-0.2, 0) is 4.79 Å². The summed E-state index contributed by atoms with van der Waals surface area (Å²) >= 11 is 4.77. The van der Waals surface area contributed by atoms with Crippen LogP contribution in [0.5, 0.6) is 0 Å². The number of carbonyl (C=O) groups excluding carboxylic acids is 1. The van der Waals surface area contributed by atoms with Gasteiger partial charge in [-0.05, 0) is 12.8 Å². The van der Waals surface area contributed by atoms with Gasteiger partial charge in [-0.1, -0.05) is 12.2 Å². The molecule has 0 saturated carbocycles. The van der Waals surface area contributed by atoms with Crippen LogP contribution in [0.15, 0.2) is 0 Å². The van der Waals surface area contributed by atoms with Crippen molar-refractivity contribution in [2.24, 2.45) is 0 Å². The van der Waals surface area contributed by atoms with Gasteiger partial charge in [-0.3, -0.25) is 4.79 Å². The first-order valence-corrected chi connectivity index (χ1v) is 4.91. The van der Waals surface area contributed by atoms with E-state index in [-0.39, 0.29) is 24.1 Å². The molecule has 0 atom stereocenters. The first-order valence-electron chi connectivity index (χ1n) is 4.50. The van der Waals surface area contributed by atoms with Gasteiger partial charge in [-0.2, -0.15) is 0 Å². The highest BCUT2D eigenvalue weighted by Gasteiger charge is 2.06. The summed E-state index contributed by atoms with van der Waals surface area (Å²) in [6, 6.07) is 0. The highest BCUT2D eigenvalue weighted by molar-refractivity contribution is 7.82. The molecular formula is C8H16N2O3S. The zero-order chi connectivity index (χ0) is 10.8. The lowest BCUT2D eigenvalue weighted by molar-refractivity contribution is -0.114. The molecule has 0 rings (SSSR count). The largest absolute Gasteiger partial charge is 0.396 e. The van der Waals surface area contributed by atoms with Crippen molar-refractivity contribution >= 4 is 23.1 Å². The molecule has 6 heteroatoms. The van der Waals surface area contributed by atoms with E-state index < -0.39 is 0 Å². The van der Waals surface area contributed by atoms with Crippen LogP contribution in [-0.4, -0.2) is 47.4 Å². The van der Waals surface area contributed by atoms with E-state index in [9.17, 15) is 4.79 Å². The van der Waals surface area contributed by atoms with Crippen molar-refractivity contribution in [3.05, 3.63) is 0 Å². The summed E-state index contributed by atoms with van der Waals surface area (Å²) in [5.74, 6) is -0.341. The molecule has 0 saturated heterocycles. The van der Waals surface area contributed by atoms with Crippen LogP contribution in [0.1, 0.15) is 12.8 Å². The van der Waals surface area contributed by atoms with Gasteiger partial charge in [-0.15, -0.1) is 0 Å². The molecule has 1 amide bonds. The van der Waals surface area contributed by atoms with E-state index in [1.165, 1.54) is 0 Å². The standard InChI is InChI=1S/C8H16N2O3S/c11-5-1-3-9-7(13)8(14)10-4-2-6-12/h11-12H,1-6H2,(H,9,13)(H,10,14). The van der Waals surface area contributed by atoms with Crippen LogP contribution < -0.4 is 10.6 Å². The van der Waals surface area contributed by atoms with Gasteiger partial charge in [0.25, 0.3) is 5.91 Å². The Kier molecular flexibility index (Phi) is 8.40. The lowest BCUT2D eigenvalue weighted by Crippen LogP contribution is -2.39. The van der Waals surface area contributed by atoms with Crippen LogP contribution >= 0.6 is 12.2 Å². The third-order valence-electron chi connectivity index (χ3n) is 1.45. The maximum absolute atomic E-state index is 11.2. The van der Waals surface area contributed by atoms with Gasteiger partial charge >= 0.3 is 0 Å². The highest BCUT2D eigenvalue weighted by atomic mass is 32.1. The summed E-state index contributed by atoms with van der Waals surface area (Å²) in [5.41, 5.74) is 0. The normalized spacial score (nSPS) is 9.57. The molecule has 14 heavy (non-hydrogen) atoms. The monoisotopic (exact) mass is 220 g/mol. The van der Waals surface area contributed by atoms with Crippen LogP contribution in [0, 0.1) is 0 Å². The summed E-state index contributed by atoms with van der Waals surface area (Å²) in [6.45, 7) is 1.02. The molecule has 5 nitrogen and oxygen atoms in total. The van der Waals surface area contributed by atoms with Crippen molar-refractivity contribution < 1.29 is 15.0 Å². The third-order valence-corrected chi connectivity index (χ3v) is 1.78. The molecule has 0 heterocycles. The van der Waals surface area contributed by atoms with E-state index in [0.29, 0.717) is 25.9 Å². The average Bonchev–Trinajstić information content (AvgIpc) is 2.18. The van der Waals surface area contributed by atoms with E-state index in [1.807, 2.05) is 0 Å². The predicted molar refractivity (Wildman–Crippen MR) is 57.0 cm³/mol. The van der Waals surface area contributed by atoms with E-state index in [1.54, 1.807) is 0 Å². The number of carbonyl (C=O) groups is 1. The number of nitrogens with one attached hydrogen (secondary N) is 2. The van der Waals surface area contributed by atoms with Crippen molar-refractivity contribution in [3.8, 4) is 0 Å². The molecule has 0 unspecified atom stereocenters. The van der Waals surface area contributed by atoms with Crippen LogP contribution in [0.25, 0.3) is 0 Å². The molecule has 0 aromatic carbocycles. The second kappa shape index (κ2) is 8.86. The minimum absolute atomic E-state index is 0.0466. The fourth-order valence-corrected chi connectivity index (χ4v) is 0.897. The molecular weight excluding hydrogens is 204 g/mol. The van der Waals surface area contributed by atoms with E-state index in [2.05, 4.69) is 10.6 Å². The molecule has 0 fully saturated rings. The van der Waals surface area contributed by atoms with Crippen molar-refractivity contribution in [2.45, 2.75) is 12.8 Å². The van der Waals surface area contributed by atoms with Crippen LogP contribution in [0.3, 0.4) is 0 Å². The zero-order valence-corrected chi connectivity index (χ0v) is 8.77. The first-order chi connectivity index (χ1) is 6.72. The predicted octanol–water partition coefficient (Wildman–Crippen LogP) is -1.22. The first kappa shape index (κ1) is 13.3. The molecule has 4 N–H and O–H groups in total. The number of thiocarbonyl (C=S) groups is 1. The van der Waals surface area contributed by atoms with Gasteiger partial charge in [0, 0.05) is 26.3 Å². The fraction of sp³-hybridized carbons (Fsp3) is 0.750. The lowest BCUT2D eigenvalue weighted by atomic mass is 10.4. The SMILES string of the molecule is O=C(NCCCO)C(=S)NCCCO. The molecule has 0 aromatic rings. The summed E-state index contributed by atoms with van der Waals surface area (Å²) in [5, 5.41) is 22.2. The summed E-state index contributed by atoms with van der Waals surface area (Å²) in [6.07, 6.45) is 1.08. The second-order valence-electron chi connectivity index (χ2n) is 2.67. The fourth-order valence-electron chi connectivity index (χ4n) is 0.723. The summed E-state index contributed by atoms with van der Waals surface area (Å²) < 4.78 is 0. The number of hydrogen-bond donors (Lipinski definition) is 4. The van der Waals surface area contributed by atoms with E-state index in [4.69, 9.17) is 22.4 Å². The Morgan fingerprint density at radius 2 is 1.57 bits per heavy atom. The third kappa shape index (κ3) is 6.76. The minimum Gasteiger partial charge on any atom is -0.396 e. The number of aliphatic hydroxyl groups is 2. The average molecular weight is 220 g/mol. The number of amides is 1. The Balaban J connectivity index is 3.50. The summed E-state index contributed by atoms with van der Waals surface area (Å²) in [7, 11) is 0. The Morgan fingerprint density at radius 3 is 2.07 bits per heavy atom. The summed E-state index contributed by atoms with van der Waals surface area (Å²) in [4.78, 5) is 11.3. The quantitative estimate of drug-likeness (QED) is 0.333. The lowest BCUT2D eigenvalue weighted by Gasteiger charge is -2.07. The van der Waals surface area contributed by atoms with Gasteiger partial charge in [0.15, 0.2) is 4.99 Å². The minimum atomic E-state index is -0.341. The van der Waals surface area contributed by atoms with Crippen molar-refractivity contribution in [3.63, 3.8) is 0 Å². The maximum Gasteiger partial charge on any atom is 0.278 e. The second-order valence-corrected chi connectivity index (χ2v) is 3.07. The Bertz CT molecular complexity index is 167. The van der Waals surface area contributed by atoms with Gasteiger partial charge in [0.2, 0.25) is 0 Å². The maximum atomic E-state index is 11.2. The molecule has 0 spiro atoms. The topological polar surface area (TPSA) is 81.6 Å². The van der Waals surface area contributed by atoms with Gasteiger partial charge in [0.1, 0.15) is 0 Å². The zero-order valence-electron chi connectivity index (χ0n) is 7.95. The van der Waals surface area contributed by atoms with Crippen LogP contribution in [0.2, 0.25) is 0 Å². The van der Waals surface area contributed by atoms with Crippen molar-refractivity contribution in [1.29, 1.82) is 0 Å². The molecule has 0 aliphatic rings. The van der Waals surface area contributed by atoms with E-state index >= 15 is 0 Å². The molecule has 0 aliphatic heterocycles. The Morgan fingerprint density at radius 1 is 1.07 bits per heavy atom. The van der Waals surface area contributed by atoms with Crippen molar-refractivity contribution in [1.82, 2.24) is 10.6 Å². The van der Waals surface area contributed by atoms with Crippen LogP contribution in [0.4, 0.5) is 0 Å². The number of rotatable bonds is 6. The highest BCUT2D eigenvalue weighted by Crippen LogP contribution is 1.79. The Hall–Kier alpha value is -0.720. The van der Waals surface area contributed by atoms with E-state index in [0.717, 1.165) is 0 Å². The molecule has 0 bridgehead atoms. The molecule has 0 aromatic heterocycles. The molecule has 0 aliphatic carbocycles. The van der Waals surface area contributed by atoms with Gasteiger partial charge in [0.05, 0.1) is 0 Å². The molecule has 82 valence electrons. The number of hydrogen-bond acceptors (Lipinski definition) is 4. The Labute approximate surface area is 88.5 Å². The smallest absolute Gasteiger partial charge is 0.278 e. The van der Waals surface area contributed by atoms with Gasteiger partial charge in [-0.25, -0.2) is 0 Å². The number of aliphatic hydroxyl groups excluding tert-OH is 2.